The molecule has 2 aromatic rings. The zero-order valence-corrected chi connectivity index (χ0v) is 16.3. The van der Waals surface area contributed by atoms with Gasteiger partial charge in [0.25, 0.3) is 0 Å². The number of rotatable bonds is 2. The molecule has 0 bridgehead atoms. The minimum Gasteiger partial charge on any atom is -0.606 e. The van der Waals surface area contributed by atoms with E-state index in [0.29, 0.717) is 27.6 Å². The minimum absolute atomic E-state index is 0. The highest BCUT2D eigenvalue weighted by Crippen LogP contribution is 2.37. The molecule has 146 valence electrons. The first-order valence-electron chi connectivity index (χ1n) is 7.15. The summed E-state index contributed by atoms with van der Waals surface area (Å²) in [5.41, 5.74) is 12.7. The fourth-order valence-electron chi connectivity index (χ4n) is 2.60. The molecule has 0 fully saturated rings. The van der Waals surface area contributed by atoms with Crippen LogP contribution < -0.4 is 33.2 Å². The molecule has 0 unspecified atom stereocenters. The molecule has 12 heteroatoms. The molecule has 0 spiro atoms. The SMILES string of the molecule is Cl.Cl.NC(=O)N(N)c1ccc2c(c1)[S+]([O-])c1cc(N(N)C(N)=O)ccc1C2. The average Bonchev–Trinajstić information content (AvgIpc) is 2.60. The number of hydrazine groups is 2. The van der Waals surface area contributed by atoms with Crippen molar-refractivity contribution in [2.24, 2.45) is 23.2 Å². The quantitative estimate of drug-likeness (QED) is 0.240. The smallest absolute Gasteiger partial charge is 0.333 e. The average molecular weight is 433 g/mol. The Hall–Kier alpha value is -2.21. The van der Waals surface area contributed by atoms with Crippen molar-refractivity contribution in [3.8, 4) is 0 Å². The van der Waals surface area contributed by atoms with Gasteiger partial charge in [-0.05, 0) is 12.1 Å². The summed E-state index contributed by atoms with van der Waals surface area (Å²) in [7, 11) is 0. The lowest BCUT2D eigenvalue weighted by Crippen LogP contribution is -2.41. The first kappa shape index (κ1) is 22.8. The van der Waals surface area contributed by atoms with E-state index >= 15 is 0 Å². The van der Waals surface area contributed by atoms with Crippen molar-refractivity contribution in [2.75, 3.05) is 10.0 Å². The Kier molecular flexibility index (Phi) is 7.32. The van der Waals surface area contributed by atoms with Crippen LogP contribution in [0.3, 0.4) is 0 Å². The number of fused-ring (bicyclic) bond motifs is 2. The van der Waals surface area contributed by atoms with Gasteiger partial charge in [-0.2, -0.15) is 0 Å². The van der Waals surface area contributed by atoms with Crippen molar-refractivity contribution in [2.45, 2.75) is 16.2 Å². The second-order valence-electron chi connectivity index (χ2n) is 5.45. The maximum atomic E-state index is 13.0. The van der Waals surface area contributed by atoms with Crippen LogP contribution in [0.25, 0.3) is 0 Å². The molecule has 0 saturated heterocycles. The van der Waals surface area contributed by atoms with E-state index < -0.39 is 23.2 Å². The molecule has 8 N–H and O–H groups in total. The van der Waals surface area contributed by atoms with Crippen molar-refractivity contribution in [1.29, 1.82) is 0 Å². The topological polar surface area (TPSA) is 168 Å². The largest absolute Gasteiger partial charge is 0.606 e. The highest BCUT2D eigenvalue weighted by Gasteiger charge is 2.30. The Morgan fingerprint density at radius 3 is 1.56 bits per heavy atom. The number of hydrogen-bond donors (Lipinski definition) is 4. The molecule has 27 heavy (non-hydrogen) atoms. The summed E-state index contributed by atoms with van der Waals surface area (Å²) < 4.78 is 13.0. The predicted octanol–water partition coefficient (Wildman–Crippen LogP) is 1.12. The maximum absolute atomic E-state index is 13.0. The van der Waals surface area contributed by atoms with E-state index in [4.69, 9.17) is 23.2 Å². The number of anilines is 2. The molecule has 2 aromatic carbocycles. The van der Waals surface area contributed by atoms with Crippen LogP contribution in [-0.2, 0) is 17.6 Å². The van der Waals surface area contributed by atoms with Crippen LogP contribution in [0.15, 0.2) is 46.2 Å². The summed E-state index contributed by atoms with van der Waals surface area (Å²) in [5, 5.41) is 1.55. The number of primary amides is 2. The molecule has 0 aromatic heterocycles. The second-order valence-corrected chi connectivity index (χ2v) is 6.86. The van der Waals surface area contributed by atoms with Crippen molar-refractivity contribution in [3.05, 3.63) is 47.5 Å². The number of hydrogen-bond acceptors (Lipinski definition) is 5. The number of amides is 4. The molecular weight excluding hydrogens is 415 g/mol. The number of carbonyl (C=O) groups is 2. The zero-order chi connectivity index (χ0) is 18.3. The summed E-state index contributed by atoms with van der Waals surface area (Å²) in [5.74, 6) is 11.2. The van der Waals surface area contributed by atoms with E-state index in [9.17, 15) is 14.1 Å². The van der Waals surface area contributed by atoms with E-state index in [1.54, 1.807) is 36.4 Å². The van der Waals surface area contributed by atoms with Crippen molar-refractivity contribution >= 4 is 59.4 Å². The number of halogens is 2. The third-order valence-corrected chi connectivity index (χ3v) is 5.47. The summed E-state index contributed by atoms with van der Waals surface area (Å²) in [6, 6.07) is 8.22. The number of nitrogens with two attached hydrogens (primary N) is 4. The van der Waals surface area contributed by atoms with Gasteiger partial charge < -0.3 is 16.0 Å². The minimum atomic E-state index is -1.54. The predicted molar refractivity (Wildman–Crippen MR) is 107 cm³/mol. The monoisotopic (exact) mass is 432 g/mol. The van der Waals surface area contributed by atoms with Crippen LogP contribution in [0.5, 0.6) is 0 Å². The molecular formula is C15H18Cl2N6O3S. The van der Waals surface area contributed by atoms with Crippen LogP contribution in [-0.4, -0.2) is 16.6 Å². The van der Waals surface area contributed by atoms with Gasteiger partial charge in [-0.3, -0.25) is 0 Å². The molecule has 1 heterocycles. The molecule has 1 aliphatic heterocycles. The molecule has 3 rings (SSSR count). The van der Waals surface area contributed by atoms with Crippen molar-refractivity contribution in [1.82, 2.24) is 0 Å². The molecule has 9 nitrogen and oxygen atoms in total. The third kappa shape index (κ3) is 4.21. The normalized spacial score (nSPS) is 12.0. The highest BCUT2D eigenvalue weighted by molar-refractivity contribution is 7.91. The van der Waals surface area contributed by atoms with Gasteiger partial charge in [0.05, 0.1) is 11.4 Å². The Morgan fingerprint density at radius 2 is 1.22 bits per heavy atom. The van der Waals surface area contributed by atoms with E-state index in [0.717, 1.165) is 21.1 Å². The van der Waals surface area contributed by atoms with Gasteiger partial charge >= 0.3 is 12.1 Å². The first-order valence-corrected chi connectivity index (χ1v) is 8.30. The van der Waals surface area contributed by atoms with Crippen LogP contribution >= 0.6 is 24.8 Å². The van der Waals surface area contributed by atoms with Crippen LogP contribution in [0.4, 0.5) is 21.0 Å². The van der Waals surface area contributed by atoms with Crippen LogP contribution in [0.2, 0.25) is 0 Å². The van der Waals surface area contributed by atoms with E-state index in [1.807, 2.05) is 0 Å². The molecule has 0 aliphatic carbocycles. The summed E-state index contributed by atoms with van der Waals surface area (Å²) in [4.78, 5) is 23.5. The van der Waals surface area contributed by atoms with Gasteiger partial charge in [0.2, 0.25) is 0 Å². The molecule has 0 atom stereocenters. The highest BCUT2D eigenvalue weighted by atomic mass is 35.5. The Bertz CT molecular complexity index is 815. The van der Waals surface area contributed by atoms with E-state index in [-0.39, 0.29) is 24.8 Å². The number of carbonyl (C=O) groups excluding carboxylic acids is 2. The Morgan fingerprint density at radius 1 is 0.852 bits per heavy atom. The Balaban J connectivity index is 0.00000182. The fraction of sp³-hybridized carbons (Fsp3) is 0.0667. The third-order valence-electron chi connectivity index (χ3n) is 3.91. The number of urea groups is 2. The van der Waals surface area contributed by atoms with Crippen LogP contribution in [0.1, 0.15) is 11.1 Å². The summed E-state index contributed by atoms with van der Waals surface area (Å²) in [6.45, 7) is 0. The number of nitrogens with zero attached hydrogens (tertiary/aromatic N) is 2. The van der Waals surface area contributed by atoms with Crippen molar-refractivity contribution < 1.29 is 14.1 Å². The zero-order valence-electron chi connectivity index (χ0n) is 13.8. The maximum Gasteiger partial charge on any atom is 0.333 e. The summed E-state index contributed by atoms with van der Waals surface area (Å²) in [6.07, 6.45) is 0.541. The van der Waals surface area contributed by atoms with Gasteiger partial charge in [-0.1, -0.05) is 12.1 Å². The standard InChI is InChI=1S/C15H16N6O3S.2ClH/c16-14(22)20(18)10-3-1-8-5-9-2-4-11(21(19)15(17)23)7-13(9)25(24)12(8)6-10;;/h1-4,6-7H,5,18-19H2,(H2,16,22)(H2,17,23);2*1H. The van der Waals surface area contributed by atoms with Gasteiger partial charge in [0.1, 0.15) is 0 Å². The lowest BCUT2D eigenvalue weighted by atomic mass is 10.0. The molecule has 4 amide bonds. The number of benzene rings is 2. The lowest BCUT2D eigenvalue weighted by Gasteiger charge is -2.24. The summed E-state index contributed by atoms with van der Waals surface area (Å²) >= 11 is -1.54. The Labute approximate surface area is 170 Å². The molecule has 1 aliphatic rings. The fourth-order valence-corrected chi connectivity index (χ4v) is 4.05. The lowest BCUT2D eigenvalue weighted by molar-refractivity contribution is 0.253. The van der Waals surface area contributed by atoms with Crippen LogP contribution in [0, 0.1) is 0 Å². The van der Waals surface area contributed by atoms with E-state index in [2.05, 4.69) is 0 Å². The first-order chi connectivity index (χ1) is 11.8. The van der Waals surface area contributed by atoms with E-state index in [1.165, 1.54) is 0 Å². The van der Waals surface area contributed by atoms with Gasteiger partial charge in [0.15, 0.2) is 9.79 Å². The second kappa shape index (κ2) is 8.65. The molecule has 0 saturated carbocycles. The van der Waals surface area contributed by atoms with Crippen molar-refractivity contribution in [3.63, 3.8) is 0 Å². The van der Waals surface area contributed by atoms with Gasteiger partial charge in [-0.15, -0.1) is 24.8 Å². The molecule has 0 radical (unpaired) electrons. The van der Waals surface area contributed by atoms with Gasteiger partial charge in [-0.25, -0.2) is 31.3 Å². The van der Waals surface area contributed by atoms with Gasteiger partial charge in [0, 0.05) is 40.9 Å².